The number of hydrogen-bond donors (Lipinski definition) is 1. The Bertz CT molecular complexity index is 859. The van der Waals surface area contributed by atoms with Crippen LogP contribution in [0.3, 0.4) is 0 Å². The van der Waals surface area contributed by atoms with E-state index >= 15 is 0 Å². The van der Waals surface area contributed by atoms with E-state index in [9.17, 15) is 0 Å². The molecule has 0 radical (unpaired) electrons. The maximum atomic E-state index is 5.26. The smallest absolute Gasteiger partial charge is 0.185 e. The summed E-state index contributed by atoms with van der Waals surface area (Å²) in [5.74, 6) is 1.68. The van der Waals surface area contributed by atoms with Crippen LogP contribution in [-0.2, 0) is 0 Å². The van der Waals surface area contributed by atoms with Crippen LogP contribution in [0.2, 0.25) is 0 Å². The van der Waals surface area contributed by atoms with E-state index < -0.39 is 0 Å². The number of aryl methyl sites for hydroxylation is 1. The molecule has 0 amide bonds. The van der Waals surface area contributed by atoms with Crippen LogP contribution in [0.15, 0.2) is 29.8 Å². The Hall–Kier alpha value is -2.41. The summed E-state index contributed by atoms with van der Waals surface area (Å²) in [6.45, 7) is 4.03. The van der Waals surface area contributed by atoms with Gasteiger partial charge in [-0.2, -0.15) is 0 Å². The second-order valence-electron chi connectivity index (χ2n) is 6.23. The minimum absolute atomic E-state index is 0.417. The first-order valence-electron chi connectivity index (χ1n) is 8.46. The van der Waals surface area contributed by atoms with Crippen molar-refractivity contribution < 1.29 is 4.74 Å². The molecule has 0 aliphatic carbocycles. The highest BCUT2D eigenvalue weighted by Gasteiger charge is 2.21. The maximum Gasteiger partial charge on any atom is 0.185 e. The van der Waals surface area contributed by atoms with Gasteiger partial charge >= 0.3 is 0 Å². The molecule has 0 unspecified atom stereocenters. The minimum Gasteiger partial charge on any atom is -0.497 e. The van der Waals surface area contributed by atoms with Crippen molar-refractivity contribution in [1.29, 1.82) is 0 Å². The second-order valence-corrected chi connectivity index (χ2v) is 7.11. The number of fused-ring (bicyclic) bond motifs is 1. The molecule has 1 saturated heterocycles. The number of ether oxygens (including phenoxy) is 1. The molecule has 3 aromatic rings. The first-order valence-corrected chi connectivity index (χ1v) is 9.34. The number of piperidine rings is 1. The quantitative estimate of drug-likeness (QED) is 0.773. The first kappa shape index (κ1) is 16.1. The van der Waals surface area contributed by atoms with Gasteiger partial charge in [0.2, 0.25) is 0 Å². The molecule has 130 valence electrons. The van der Waals surface area contributed by atoms with E-state index in [4.69, 9.17) is 9.72 Å². The van der Waals surface area contributed by atoms with Gasteiger partial charge in [-0.15, -0.1) is 11.3 Å². The lowest BCUT2D eigenvalue weighted by Crippen LogP contribution is -2.39. The van der Waals surface area contributed by atoms with Crippen LogP contribution in [0, 0.1) is 6.92 Å². The summed E-state index contributed by atoms with van der Waals surface area (Å²) in [7, 11) is 1.66. The van der Waals surface area contributed by atoms with Crippen molar-refractivity contribution >= 4 is 33.3 Å². The molecule has 6 nitrogen and oxygen atoms in total. The average Bonchev–Trinajstić information content (AvgIpc) is 3.17. The summed E-state index contributed by atoms with van der Waals surface area (Å²) >= 11 is 1.70. The summed E-state index contributed by atoms with van der Waals surface area (Å²) in [4.78, 5) is 16.2. The lowest BCUT2D eigenvalue weighted by atomic mass is 10.1. The van der Waals surface area contributed by atoms with Gasteiger partial charge in [0.15, 0.2) is 5.13 Å². The van der Waals surface area contributed by atoms with Gasteiger partial charge in [0, 0.05) is 36.8 Å². The fourth-order valence-electron chi connectivity index (χ4n) is 3.17. The van der Waals surface area contributed by atoms with E-state index in [2.05, 4.69) is 20.2 Å². The normalized spacial score (nSPS) is 15.5. The molecular weight excluding hydrogens is 334 g/mol. The van der Waals surface area contributed by atoms with Crippen LogP contribution in [-0.4, -0.2) is 41.2 Å². The molecule has 4 rings (SSSR count). The Labute approximate surface area is 150 Å². The molecule has 7 heteroatoms. The summed E-state index contributed by atoms with van der Waals surface area (Å²) in [5, 5.41) is 6.74. The van der Waals surface area contributed by atoms with Gasteiger partial charge in [-0.05, 0) is 31.9 Å². The number of rotatable bonds is 4. The monoisotopic (exact) mass is 355 g/mol. The van der Waals surface area contributed by atoms with Crippen LogP contribution in [0.1, 0.15) is 18.5 Å². The molecule has 0 spiro atoms. The van der Waals surface area contributed by atoms with Gasteiger partial charge in [0.05, 0.1) is 23.8 Å². The van der Waals surface area contributed by atoms with Gasteiger partial charge in [0.25, 0.3) is 0 Å². The van der Waals surface area contributed by atoms with E-state index in [1.54, 1.807) is 18.4 Å². The van der Waals surface area contributed by atoms with Crippen molar-refractivity contribution in [3.63, 3.8) is 0 Å². The average molecular weight is 355 g/mol. The lowest BCUT2D eigenvalue weighted by Gasteiger charge is -2.32. The molecule has 2 aromatic heterocycles. The predicted molar refractivity (Wildman–Crippen MR) is 102 cm³/mol. The Kier molecular flexibility index (Phi) is 4.40. The molecule has 0 atom stereocenters. The van der Waals surface area contributed by atoms with Crippen molar-refractivity contribution in [2.45, 2.75) is 25.8 Å². The van der Waals surface area contributed by atoms with Crippen LogP contribution in [0.5, 0.6) is 5.75 Å². The highest BCUT2D eigenvalue weighted by atomic mass is 32.1. The van der Waals surface area contributed by atoms with Gasteiger partial charge < -0.3 is 15.0 Å². The minimum atomic E-state index is 0.417. The van der Waals surface area contributed by atoms with Crippen molar-refractivity contribution in [3.05, 3.63) is 35.5 Å². The van der Waals surface area contributed by atoms with Crippen LogP contribution in [0.25, 0.3) is 11.0 Å². The topological polar surface area (TPSA) is 63.2 Å². The Morgan fingerprint density at radius 1 is 1.20 bits per heavy atom. The van der Waals surface area contributed by atoms with Crippen LogP contribution < -0.4 is 15.0 Å². The molecular formula is C18H21N5OS. The third kappa shape index (κ3) is 3.37. The lowest BCUT2D eigenvalue weighted by molar-refractivity contribution is 0.415. The molecule has 1 aromatic carbocycles. The number of aromatic nitrogens is 3. The third-order valence-corrected chi connectivity index (χ3v) is 5.40. The number of nitrogens with zero attached hydrogens (tertiary/aromatic N) is 4. The zero-order chi connectivity index (χ0) is 17.2. The van der Waals surface area contributed by atoms with Crippen molar-refractivity contribution in [1.82, 2.24) is 15.0 Å². The number of anilines is 2. The van der Waals surface area contributed by atoms with E-state index in [0.717, 1.165) is 59.4 Å². The standard InChI is InChI=1S/C18H21N5OS/c1-12-17(22-15-4-3-14(24-2)11-16(15)20-12)21-13-5-8-23(9-6-13)18-19-7-10-25-18/h3-4,7,10-11,13H,5-6,8-9H2,1-2H3,(H,21,22). The second kappa shape index (κ2) is 6.84. The molecule has 1 N–H and O–H groups in total. The first-order chi connectivity index (χ1) is 12.2. The van der Waals surface area contributed by atoms with E-state index in [-0.39, 0.29) is 0 Å². The van der Waals surface area contributed by atoms with Crippen molar-refractivity contribution in [3.8, 4) is 5.75 Å². The van der Waals surface area contributed by atoms with Gasteiger partial charge in [0.1, 0.15) is 11.6 Å². The third-order valence-electron chi connectivity index (χ3n) is 4.57. The summed E-state index contributed by atoms with van der Waals surface area (Å²) in [6.07, 6.45) is 4.01. The summed E-state index contributed by atoms with van der Waals surface area (Å²) in [6, 6.07) is 6.21. The van der Waals surface area contributed by atoms with Gasteiger partial charge in [-0.1, -0.05) is 0 Å². The molecule has 3 heterocycles. The summed E-state index contributed by atoms with van der Waals surface area (Å²) in [5.41, 5.74) is 2.67. The van der Waals surface area contributed by atoms with E-state index in [1.807, 2.05) is 36.7 Å². The fraction of sp³-hybridized carbons (Fsp3) is 0.389. The van der Waals surface area contributed by atoms with Crippen molar-refractivity contribution in [2.24, 2.45) is 0 Å². The highest BCUT2D eigenvalue weighted by Crippen LogP contribution is 2.25. The maximum absolute atomic E-state index is 5.26. The summed E-state index contributed by atoms with van der Waals surface area (Å²) < 4.78 is 5.26. The Balaban J connectivity index is 1.47. The molecule has 25 heavy (non-hydrogen) atoms. The Morgan fingerprint density at radius 3 is 2.76 bits per heavy atom. The van der Waals surface area contributed by atoms with E-state index in [1.165, 1.54) is 0 Å². The van der Waals surface area contributed by atoms with E-state index in [0.29, 0.717) is 6.04 Å². The van der Waals surface area contributed by atoms with Crippen LogP contribution in [0.4, 0.5) is 10.9 Å². The van der Waals surface area contributed by atoms with Gasteiger partial charge in [-0.25, -0.2) is 15.0 Å². The molecule has 1 aliphatic heterocycles. The number of nitrogens with one attached hydrogen (secondary N) is 1. The largest absolute Gasteiger partial charge is 0.497 e. The zero-order valence-corrected chi connectivity index (χ0v) is 15.2. The molecule has 1 aliphatic rings. The molecule has 1 fully saturated rings. The fourth-order valence-corrected chi connectivity index (χ4v) is 3.86. The Morgan fingerprint density at radius 2 is 2.04 bits per heavy atom. The number of hydrogen-bond acceptors (Lipinski definition) is 7. The number of methoxy groups -OCH3 is 1. The highest BCUT2D eigenvalue weighted by molar-refractivity contribution is 7.13. The molecule has 0 saturated carbocycles. The van der Waals surface area contributed by atoms with Crippen LogP contribution >= 0.6 is 11.3 Å². The SMILES string of the molecule is COc1ccc2nc(NC3CCN(c4nccs4)CC3)c(C)nc2c1. The van der Waals surface area contributed by atoms with Gasteiger partial charge in [-0.3, -0.25) is 0 Å². The number of thiazole rings is 1. The zero-order valence-electron chi connectivity index (χ0n) is 14.4. The van der Waals surface area contributed by atoms with Crippen molar-refractivity contribution in [2.75, 3.05) is 30.4 Å². The number of benzene rings is 1. The molecule has 0 bridgehead atoms. The predicted octanol–water partition coefficient (Wildman–Crippen LogP) is 3.48.